The molecule has 1 aromatic carbocycles. The Morgan fingerprint density at radius 2 is 1.95 bits per heavy atom. The number of hydrogen-bond donors (Lipinski definition) is 1. The van der Waals surface area contributed by atoms with Crippen LogP contribution >= 0.6 is 11.3 Å². The molecule has 4 nitrogen and oxygen atoms in total. The van der Waals surface area contributed by atoms with Crippen molar-refractivity contribution in [2.75, 3.05) is 12.5 Å². The first-order chi connectivity index (χ1) is 9.49. The van der Waals surface area contributed by atoms with Gasteiger partial charge in [0.2, 0.25) is 5.13 Å². The minimum absolute atomic E-state index is 0.0656. The molecule has 0 atom stereocenters. The summed E-state index contributed by atoms with van der Waals surface area (Å²) in [6.07, 6.45) is 1.76. The van der Waals surface area contributed by atoms with Gasteiger partial charge in [0, 0.05) is 10.8 Å². The highest BCUT2D eigenvalue weighted by atomic mass is 32.1. The summed E-state index contributed by atoms with van der Waals surface area (Å²) in [6.45, 7) is 6.44. The third-order valence-corrected chi connectivity index (χ3v) is 3.51. The maximum atomic E-state index is 5.11. The van der Waals surface area contributed by atoms with Crippen molar-refractivity contribution in [3.8, 4) is 5.75 Å². The van der Waals surface area contributed by atoms with Crippen LogP contribution < -0.4 is 10.2 Å². The minimum atomic E-state index is 0.0656. The molecule has 2 rings (SSSR count). The number of nitrogens with one attached hydrogen (secondary N) is 1. The predicted molar refractivity (Wildman–Crippen MR) is 85.0 cm³/mol. The standard InChI is InChI=1S/C15H19N3OS/c1-15(2,3)13-10-20-14(17-13)18-16-9-11-5-7-12(19-4)8-6-11/h5-10H,1-4H3,(H,17,18)/b16-9-. The Hall–Kier alpha value is -1.88. The number of ether oxygens (including phenoxy) is 1. The first kappa shape index (κ1) is 14.5. The monoisotopic (exact) mass is 289 g/mol. The molecular formula is C15H19N3OS. The highest BCUT2D eigenvalue weighted by molar-refractivity contribution is 7.13. The van der Waals surface area contributed by atoms with Crippen molar-refractivity contribution in [3.05, 3.63) is 40.9 Å². The lowest BCUT2D eigenvalue weighted by Crippen LogP contribution is -2.11. The zero-order chi connectivity index (χ0) is 14.6. The van der Waals surface area contributed by atoms with Crippen LogP contribution in [0, 0.1) is 0 Å². The number of rotatable bonds is 4. The zero-order valence-corrected chi connectivity index (χ0v) is 13.0. The molecule has 0 unspecified atom stereocenters. The summed E-state index contributed by atoms with van der Waals surface area (Å²) in [5.41, 5.74) is 5.10. The van der Waals surface area contributed by atoms with Crippen molar-refractivity contribution < 1.29 is 4.74 Å². The van der Waals surface area contributed by atoms with Crippen molar-refractivity contribution in [2.45, 2.75) is 26.2 Å². The van der Waals surface area contributed by atoms with E-state index >= 15 is 0 Å². The Bertz CT molecular complexity index is 582. The van der Waals surface area contributed by atoms with Gasteiger partial charge in [-0.3, -0.25) is 5.43 Å². The average molecular weight is 289 g/mol. The van der Waals surface area contributed by atoms with E-state index in [2.05, 4.69) is 41.7 Å². The smallest absolute Gasteiger partial charge is 0.203 e. The summed E-state index contributed by atoms with van der Waals surface area (Å²) in [6, 6.07) is 7.71. The fourth-order valence-corrected chi connectivity index (χ4v) is 2.41. The van der Waals surface area contributed by atoms with Crippen molar-refractivity contribution in [2.24, 2.45) is 5.10 Å². The average Bonchev–Trinajstić information content (AvgIpc) is 2.88. The number of hydrogen-bond acceptors (Lipinski definition) is 5. The molecule has 1 aromatic heterocycles. The second-order valence-electron chi connectivity index (χ2n) is 5.43. The number of aromatic nitrogens is 1. The number of nitrogens with zero attached hydrogens (tertiary/aromatic N) is 2. The summed E-state index contributed by atoms with van der Waals surface area (Å²) in [5.74, 6) is 0.838. The van der Waals surface area contributed by atoms with Gasteiger partial charge >= 0.3 is 0 Å². The molecule has 0 aliphatic carbocycles. The summed E-state index contributed by atoms with van der Waals surface area (Å²) in [4.78, 5) is 4.51. The van der Waals surface area contributed by atoms with E-state index in [0.717, 1.165) is 22.1 Å². The van der Waals surface area contributed by atoms with Crippen LogP contribution in [0.3, 0.4) is 0 Å². The van der Waals surface area contributed by atoms with Crippen LogP contribution in [-0.2, 0) is 5.41 Å². The number of methoxy groups -OCH3 is 1. The third kappa shape index (κ3) is 3.81. The molecule has 0 bridgehead atoms. The molecule has 1 N–H and O–H groups in total. The van der Waals surface area contributed by atoms with Gasteiger partial charge in [-0.1, -0.05) is 20.8 Å². The van der Waals surface area contributed by atoms with Gasteiger partial charge in [0.1, 0.15) is 5.75 Å². The molecule has 0 amide bonds. The lowest BCUT2D eigenvalue weighted by Gasteiger charge is -2.13. The molecule has 0 aliphatic heterocycles. The maximum Gasteiger partial charge on any atom is 0.203 e. The molecule has 0 radical (unpaired) electrons. The van der Waals surface area contributed by atoms with Gasteiger partial charge in [-0.25, -0.2) is 4.98 Å². The lowest BCUT2D eigenvalue weighted by atomic mass is 9.93. The van der Waals surface area contributed by atoms with Crippen LogP contribution in [0.2, 0.25) is 0 Å². The quantitative estimate of drug-likeness (QED) is 0.686. The molecule has 0 spiro atoms. The Kier molecular flexibility index (Phi) is 4.39. The molecule has 5 heteroatoms. The number of benzene rings is 1. The highest BCUT2D eigenvalue weighted by Gasteiger charge is 2.17. The van der Waals surface area contributed by atoms with E-state index in [1.807, 2.05) is 24.3 Å². The highest BCUT2D eigenvalue weighted by Crippen LogP contribution is 2.26. The predicted octanol–water partition coefficient (Wildman–Crippen LogP) is 3.90. The number of thiazole rings is 1. The van der Waals surface area contributed by atoms with Crippen LogP contribution in [0.15, 0.2) is 34.7 Å². The van der Waals surface area contributed by atoms with Crippen molar-refractivity contribution in [3.63, 3.8) is 0 Å². The maximum absolute atomic E-state index is 5.11. The van der Waals surface area contributed by atoms with Crippen molar-refractivity contribution >= 4 is 22.7 Å². The van der Waals surface area contributed by atoms with Crippen LogP contribution in [0.1, 0.15) is 32.0 Å². The van der Waals surface area contributed by atoms with Gasteiger partial charge in [0.25, 0.3) is 0 Å². The summed E-state index contributed by atoms with van der Waals surface area (Å²) >= 11 is 1.56. The van der Waals surface area contributed by atoms with Gasteiger partial charge < -0.3 is 4.74 Å². The van der Waals surface area contributed by atoms with Gasteiger partial charge in [0.15, 0.2) is 0 Å². The molecule has 0 fully saturated rings. The SMILES string of the molecule is COc1ccc(/C=N\Nc2nc(C(C)(C)C)cs2)cc1. The Labute approximate surface area is 123 Å². The normalized spacial score (nSPS) is 11.8. The fraction of sp³-hybridized carbons (Fsp3) is 0.333. The third-order valence-electron chi connectivity index (χ3n) is 2.76. The number of anilines is 1. The minimum Gasteiger partial charge on any atom is -0.497 e. The molecular weight excluding hydrogens is 270 g/mol. The van der Waals surface area contributed by atoms with Gasteiger partial charge in [-0.15, -0.1) is 11.3 Å². The largest absolute Gasteiger partial charge is 0.497 e. The van der Waals surface area contributed by atoms with E-state index < -0.39 is 0 Å². The van der Waals surface area contributed by atoms with Crippen molar-refractivity contribution in [1.82, 2.24) is 4.98 Å². The van der Waals surface area contributed by atoms with E-state index in [0.29, 0.717) is 0 Å². The Balaban J connectivity index is 1.97. The van der Waals surface area contributed by atoms with Gasteiger partial charge in [0.05, 0.1) is 19.0 Å². The second kappa shape index (κ2) is 6.05. The molecule has 0 saturated heterocycles. The van der Waals surface area contributed by atoms with Gasteiger partial charge in [-0.2, -0.15) is 5.10 Å². The Morgan fingerprint density at radius 1 is 1.25 bits per heavy atom. The van der Waals surface area contributed by atoms with E-state index in [-0.39, 0.29) is 5.41 Å². The first-order valence-electron chi connectivity index (χ1n) is 6.38. The molecule has 2 aromatic rings. The first-order valence-corrected chi connectivity index (χ1v) is 7.26. The van der Waals surface area contributed by atoms with E-state index in [1.54, 1.807) is 24.7 Å². The summed E-state index contributed by atoms with van der Waals surface area (Å²) in [7, 11) is 1.65. The molecule has 1 heterocycles. The van der Waals surface area contributed by atoms with E-state index in [4.69, 9.17) is 4.74 Å². The van der Waals surface area contributed by atoms with Gasteiger partial charge in [-0.05, 0) is 29.8 Å². The van der Waals surface area contributed by atoms with E-state index in [1.165, 1.54) is 0 Å². The second-order valence-corrected chi connectivity index (χ2v) is 6.29. The van der Waals surface area contributed by atoms with Crippen LogP contribution in [0.5, 0.6) is 5.75 Å². The van der Waals surface area contributed by atoms with Crippen molar-refractivity contribution in [1.29, 1.82) is 0 Å². The van der Waals surface area contributed by atoms with Crippen LogP contribution in [0.4, 0.5) is 5.13 Å². The zero-order valence-electron chi connectivity index (χ0n) is 12.2. The van der Waals surface area contributed by atoms with E-state index in [9.17, 15) is 0 Å². The fourth-order valence-electron chi connectivity index (χ4n) is 1.52. The topological polar surface area (TPSA) is 46.5 Å². The van der Waals surface area contributed by atoms with Crippen LogP contribution in [0.25, 0.3) is 0 Å². The lowest BCUT2D eigenvalue weighted by molar-refractivity contribution is 0.415. The summed E-state index contributed by atoms with van der Waals surface area (Å²) in [5, 5.41) is 7.06. The number of hydrazone groups is 1. The van der Waals surface area contributed by atoms with Crippen LogP contribution in [-0.4, -0.2) is 18.3 Å². The molecule has 20 heavy (non-hydrogen) atoms. The molecule has 0 saturated carbocycles. The molecule has 106 valence electrons. The molecule has 0 aliphatic rings. The summed E-state index contributed by atoms with van der Waals surface area (Å²) < 4.78 is 5.11. The Morgan fingerprint density at radius 3 is 2.50 bits per heavy atom.